The molecule has 0 aliphatic rings. The number of hydrazone groups is 1. The van der Waals surface area contributed by atoms with Gasteiger partial charge in [-0.1, -0.05) is 28.1 Å². The van der Waals surface area contributed by atoms with Gasteiger partial charge in [0.05, 0.1) is 11.9 Å². The number of carbonyl (C=O) groups excluding carboxylic acids is 2. The maximum absolute atomic E-state index is 12.0. The van der Waals surface area contributed by atoms with Crippen LogP contribution in [0.3, 0.4) is 0 Å². The van der Waals surface area contributed by atoms with Gasteiger partial charge in [0.2, 0.25) is 0 Å². The smallest absolute Gasteiger partial charge is 0.318 e. The second-order valence-electron chi connectivity index (χ2n) is 6.27. The van der Waals surface area contributed by atoms with Gasteiger partial charge in [-0.3, -0.25) is 9.59 Å². The summed E-state index contributed by atoms with van der Waals surface area (Å²) in [7, 11) is 0. The second-order valence-corrected chi connectivity index (χ2v) is 8.04. The van der Waals surface area contributed by atoms with Crippen LogP contribution in [0.25, 0.3) is 5.69 Å². The van der Waals surface area contributed by atoms with Crippen molar-refractivity contribution in [2.45, 2.75) is 13.8 Å². The summed E-state index contributed by atoms with van der Waals surface area (Å²) in [5.74, 6) is -1.65. The van der Waals surface area contributed by atoms with Crippen LogP contribution in [0.1, 0.15) is 17.0 Å². The molecule has 0 aliphatic carbocycles. The summed E-state index contributed by atoms with van der Waals surface area (Å²) in [5.41, 5.74) is 6.65. The summed E-state index contributed by atoms with van der Waals surface area (Å²) in [6, 6.07) is 17.0. The van der Waals surface area contributed by atoms with E-state index in [0.29, 0.717) is 10.2 Å². The Kier molecular flexibility index (Phi) is 6.66. The highest BCUT2D eigenvalue weighted by Gasteiger charge is 2.14. The molecule has 3 aromatic rings. The summed E-state index contributed by atoms with van der Waals surface area (Å²) < 4.78 is 3.79. The van der Waals surface area contributed by atoms with Gasteiger partial charge in [0.15, 0.2) is 0 Å². The third-order valence-electron chi connectivity index (χ3n) is 4.25. The molecule has 6 nitrogen and oxygen atoms in total. The van der Waals surface area contributed by atoms with E-state index in [4.69, 9.17) is 0 Å². The van der Waals surface area contributed by atoms with Crippen LogP contribution in [-0.4, -0.2) is 22.6 Å². The second kappa shape index (κ2) is 9.19. The van der Waals surface area contributed by atoms with Gasteiger partial charge in [-0.05, 0) is 72.2 Å². The van der Waals surface area contributed by atoms with Gasteiger partial charge >= 0.3 is 11.8 Å². The molecular formula is C21H18Br2N4O2. The molecule has 0 unspecified atom stereocenters. The molecule has 8 heteroatoms. The number of hydrogen-bond acceptors (Lipinski definition) is 3. The van der Waals surface area contributed by atoms with E-state index in [-0.39, 0.29) is 0 Å². The minimum Gasteiger partial charge on any atom is -0.318 e. The van der Waals surface area contributed by atoms with Crippen LogP contribution in [0.4, 0.5) is 5.69 Å². The lowest BCUT2D eigenvalue weighted by Gasteiger charge is -2.09. The fourth-order valence-electron chi connectivity index (χ4n) is 2.86. The van der Waals surface area contributed by atoms with Crippen molar-refractivity contribution in [1.82, 2.24) is 9.99 Å². The van der Waals surface area contributed by atoms with E-state index < -0.39 is 11.8 Å². The van der Waals surface area contributed by atoms with Crippen molar-refractivity contribution >= 4 is 55.6 Å². The maximum atomic E-state index is 12.0. The highest BCUT2D eigenvalue weighted by atomic mass is 79.9. The number of aryl methyl sites for hydroxylation is 1. The highest BCUT2D eigenvalue weighted by Crippen LogP contribution is 2.22. The first-order chi connectivity index (χ1) is 13.9. The van der Waals surface area contributed by atoms with Crippen molar-refractivity contribution in [3.8, 4) is 5.69 Å². The molecule has 3 rings (SSSR count). The summed E-state index contributed by atoms with van der Waals surface area (Å²) in [5, 5.41) is 6.46. The first-order valence-electron chi connectivity index (χ1n) is 8.70. The molecule has 2 amide bonds. The number of aromatic nitrogens is 1. The number of carbonyl (C=O) groups is 2. The summed E-state index contributed by atoms with van der Waals surface area (Å²) in [6.07, 6.45) is 1.53. The van der Waals surface area contributed by atoms with Gasteiger partial charge in [-0.25, -0.2) is 5.43 Å². The van der Waals surface area contributed by atoms with Crippen molar-refractivity contribution in [3.63, 3.8) is 0 Å². The average Bonchev–Trinajstić information content (AvgIpc) is 2.97. The Labute approximate surface area is 185 Å². The molecule has 0 aliphatic heterocycles. The predicted molar refractivity (Wildman–Crippen MR) is 121 cm³/mol. The Balaban J connectivity index is 1.68. The molecule has 2 aromatic carbocycles. The Morgan fingerprint density at radius 1 is 1.00 bits per heavy atom. The topological polar surface area (TPSA) is 75.5 Å². The van der Waals surface area contributed by atoms with Crippen LogP contribution < -0.4 is 10.7 Å². The number of nitrogens with zero attached hydrogens (tertiary/aromatic N) is 2. The molecular weight excluding hydrogens is 500 g/mol. The van der Waals surface area contributed by atoms with E-state index in [0.717, 1.165) is 27.1 Å². The lowest BCUT2D eigenvalue weighted by Crippen LogP contribution is -2.32. The lowest BCUT2D eigenvalue weighted by molar-refractivity contribution is -0.136. The zero-order valence-corrected chi connectivity index (χ0v) is 18.9. The average molecular weight is 518 g/mol. The van der Waals surface area contributed by atoms with Crippen molar-refractivity contribution in [1.29, 1.82) is 0 Å². The lowest BCUT2D eigenvalue weighted by atomic mass is 10.2. The Morgan fingerprint density at radius 3 is 2.38 bits per heavy atom. The number of halogens is 2. The number of rotatable bonds is 4. The SMILES string of the molecule is Cc1cc(/C=N\NC(=O)C(=O)Nc2ccccc2Br)c(C)n1-c1ccc(Br)cc1. The van der Waals surface area contributed by atoms with Gasteiger partial charge in [0, 0.05) is 31.6 Å². The van der Waals surface area contributed by atoms with Crippen LogP contribution in [0.5, 0.6) is 0 Å². The number of hydrogen-bond donors (Lipinski definition) is 2. The molecule has 1 heterocycles. The Bertz CT molecular complexity index is 1090. The van der Waals surface area contributed by atoms with E-state index in [1.807, 2.05) is 50.2 Å². The third kappa shape index (κ3) is 5.02. The van der Waals surface area contributed by atoms with E-state index in [2.05, 4.69) is 52.3 Å². The van der Waals surface area contributed by atoms with Crippen molar-refractivity contribution < 1.29 is 9.59 Å². The molecule has 148 valence electrons. The van der Waals surface area contributed by atoms with E-state index in [1.54, 1.807) is 18.2 Å². The minimum absolute atomic E-state index is 0.509. The van der Waals surface area contributed by atoms with E-state index in [1.165, 1.54) is 6.21 Å². The molecule has 29 heavy (non-hydrogen) atoms. The first-order valence-corrected chi connectivity index (χ1v) is 10.3. The molecule has 0 saturated heterocycles. The molecule has 0 radical (unpaired) electrons. The number of anilines is 1. The van der Waals surface area contributed by atoms with E-state index in [9.17, 15) is 9.59 Å². The van der Waals surface area contributed by atoms with Crippen LogP contribution in [0.2, 0.25) is 0 Å². The fourth-order valence-corrected chi connectivity index (χ4v) is 3.51. The third-order valence-corrected chi connectivity index (χ3v) is 5.47. The largest absolute Gasteiger partial charge is 0.329 e. The van der Waals surface area contributed by atoms with Gasteiger partial charge in [0.1, 0.15) is 0 Å². The van der Waals surface area contributed by atoms with Crippen molar-refractivity contribution in [2.24, 2.45) is 5.10 Å². The van der Waals surface area contributed by atoms with Gasteiger partial charge in [-0.15, -0.1) is 0 Å². The zero-order chi connectivity index (χ0) is 21.0. The molecule has 0 spiro atoms. The number of nitrogens with one attached hydrogen (secondary N) is 2. The quantitative estimate of drug-likeness (QED) is 0.299. The molecule has 0 saturated carbocycles. The van der Waals surface area contributed by atoms with Crippen LogP contribution in [0, 0.1) is 13.8 Å². The standard InChI is InChI=1S/C21H18Br2N4O2/c1-13-11-15(14(2)27(13)17-9-7-16(22)8-10-17)12-24-26-21(29)20(28)25-19-6-4-3-5-18(19)23/h3-12H,1-2H3,(H,25,28)(H,26,29)/b24-12-. The molecule has 2 N–H and O–H groups in total. The molecule has 1 aromatic heterocycles. The van der Waals surface area contributed by atoms with Crippen LogP contribution in [0.15, 0.2) is 68.6 Å². The molecule has 0 fully saturated rings. The molecule has 0 bridgehead atoms. The number of amides is 2. The summed E-state index contributed by atoms with van der Waals surface area (Å²) >= 11 is 6.75. The predicted octanol–water partition coefficient (Wildman–Crippen LogP) is 4.71. The Morgan fingerprint density at radius 2 is 1.69 bits per heavy atom. The monoisotopic (exact) mass is 516 g/mol. The van der Waals surface area contributed by atoms with Crippen molar-refractivity contribution in [2.75, 3.05) is 5.32 Å². The number of benzene rings is 2. The maximum Gasteiger partial charge on any atom is 0.329 e. The summed E-state index contributed by atoms with van der Waals surface area (Å²) in [6.45, 7) is 3.97. The normalized spacial score (nSPS) is 10.9. The van der Waals surface area contributed by atoms with Gasteiger partial charge < -0.3 is 9.88 Å². The van der Waals surface area contributed by atoms with Crippen LogP contribution in [-0.2, 0) is 9.59 Å². The highest BCUT2D eigenvalue weighted by molar-refractivity contribution is 9.10. The summed E-state index contributed by atoms with van der Waals surface area (Å²) in [4.78, 5) is 24.0. The fraction of sp³-hybridized carbons (Fsp3) is 0.0952. The van der Waals surface area contributed by atoms with Gasteiger partial charge in [0.25, 0.3) is 0 Å². The first kappa shape index (κ1) is 21.0. The van der Waals surface area contributed by atoms with Crippen molar-refractivity contribution in [3.05, 3.63) is 80.5 Å². The van der Waals surface area contributed by atoms with Gasteiger partial charge in [-0.2, -0.15) is 5.10 Å². The van der Waals surface area contributed by atoms with Crippen LogP contribution >= 0.6 is 31.9 Å². The number of para-hydroxylation sites is 1. The zero-order valence-electron chi connectivity index (χ0n) is 15.7. The molecule has 0 atom stereocenters. The Hall–Kier alpha value is -2.71. The minimum atomic E-state index is -0.848. The van der Waals surface area contributed by atoms with E-state index >= 15 is 0 Å².